The topological polar surface area (TPSA) is 90.0 Å². The average Bonchev–Trinajstić information content (AvgIpc) is 3.08. The minimum atomic E-state index is -0.593. The second kappa shape index (κ2) is 7.28. The Bertz CT molecular complexity index is 1220. The summed E-state index contributed by atoms with van der Waals surface area (Å²) in [5.74, 6) is -0.751. The normalized spacial score (nSPS) is 16.6. The van der Waals surface area contributed by atoms with E-state index in [4.69, 9.17) is 0 Å². The third kappa shape index (κ3) is 3.02. The molecule has 7 heteroatoms. The molecule has 7 nitrogen and oxygen atoms in total. The van der Waals surface area contributed by atoms with Gasteiger partial charge < -0.3 is 15.3 Å². The van der Waals surface area contributed by atoms with Crippen molar-refractivity contribution in [3.05, 3.63) is 89.5 Å². The van der Waals surface area contributed by atoms with Gasteiger partial charge in [0.25, 0.3) is 11.8 Å². The number of rotatable bonds is 4. The van der Waals surface area contributed by atoms with Gasteiger partial charge in [0.05, 0.1) is 16.9 Å². The molecule has 0 aliphatic carbocycles. The summed E-state index contributed by atoms with van der Waals surface area (Å²) in [4.78, 5) is 42.2. The molecule has 0 fully saturated rings. The molecule has 3 aromatic rings. The van der Waals surface area contributed by atoms with Crippen LogP contribution in [-0.2, 0) is 4.79 Å². The van der Waals surface area contributed by atoms with Gasteiger partial charge in [-0.15, -0.1) is 0 Å². The first-order valence-corrected chi connectivity index (χ1v) is 9.96. The van der Waals surface area contributed by atoms with Gasteiger partial charge in [-0.25, -0.2) is 0 Å². The molecule has 0 bridgehead atoms. The van der Waals surface area contributed by atoms with Crippen LogP contribution in [0.15, 0.2) is 72.8 Å². The maximum Gasteiger partial charge on any atom is 0.260 e. The van der Waals surface area contributed by atoms with Crippen LogP contribution in [0.4, 0.5) is 11.4 Å². The Labute approximate surface area is 178 Å². The van der Waals surface area contributed by atoms with Crippen LogP contribution in [0.2, 0.25) is 0 Å². The molecular weight excluding hydrogens is 394 g/mol. The van der Waals surface area contributed by atoms with Crippen molar-refractivity contribution in [2.45, 2.75) is 12.6 Å². The second-order valence-electron chi connectivity index (χ2n) is 7.47. The average molecular weight is 413 g/mol. The Balaban J connectivity index is 1.45. The van der Waals surface area contributed by atoms with E-state index in [9.17, 15) is 19.5 Å². The molecule has 31 heavy (non-hydrogen) atoms. The predicted octanol–water partition coefficient (Wildman–Crippen LogP) is 3.54. The van der Waals surface area contributed by atoms with Crippen molar-refractivity contribution < 1.29 is 19.5 Å². The summed E-state index contributed by atoms with van der Waals surface area (Å²) in [7, 11) is 0. The molecule has 0 saturated heterocycles. The van der Waals surface area contributed by atoms with Gasteiger partial charge in [0.15, 0.2) is 0 Å². The molecule has 2 aliphatic heterocycles. The molecule has 3 aromatic carbocycles. The number of amides is 3. The van der Waals surface area contributed by atoms with Gasteiger partial charge in [-0.2, -0.15) is 0 Å². The highest BCUT2D eigenvalue weighted by atomic mass is 16.3. The summed E-state index contributed by atoms with van der Waals surface area (Å²) in [6, 6.07) is 20.7. The fourth-order valence-electron chi connectivity index (χ4n) is 4.21. The molecule has 2 N–H and O–H groups in total. The standard InChI is InChI=1S/C24H19N3O4/c28-20-12-6-4-10-18(20)25-21(29)13-14-26-22-15-7-1-2-8-16(15)24(31)27(22)19-11-5-3-9-17(19)23(26)30/h1-12,22,28H,13-14H2,(H,25,29)/t22-/m0/s1. The van der Waals surface area contributed by atoms with Gasteiger partial charge in [0, 0.05) is 24.1 Å². The fourth-order valence-corrected chi connectivity index (χ4v) is 4.21. The van der Waals surface area contributed by atoms with Gasteiger partial charge in [0.2, 0.25) is 5.91 Å². The number of phenols is 1. The van der Waals surface area contributed by atoms with Crippen LogP contribution in [-0.4, -0.2) is 34.3 Å². The summed E-state index contributed by atoms with van der Waals surface area (Å²) >= 11 is 0. The molecule has 0 unspecified atom stereocenters. The highest BCUT2D eigenvalue weighted by Crippen LogP contribution is 2.45. The van der Waals surface area contributed by atoms with E-state index in [-0.39, 0.29) is 36.4 Å². The predicted molar refractivity (Wildman–Crippen MR) is 115 cm³/mol. The van der Waals surface area contributed by atoms with E-state index < -0.39 is 6.17 Å². The molecule has 0 saturated carbocycles. The number of hydrogen-bond acceptors (Lipinski definition) is 4. The van der Waals surface area contributed by atoms with Crippen LogP contribution in [0.5, 0.6) is 5.75 Å². The highest BCUT2D eigenvalue weighted by molar-refractivity contribution is 6.16. The van der Waals surface area contributed by atoms with E-state index in [1.807, 2.05) is 12.1 Å². The van der Waals surface area contributed by atoms with Gasteiger partial charge in [0.1, 0.15) is 11.9 Å². The van der Waals surface area contributed by atoms with E-state index >= 15 is 0 Å². The van der Waals surface area contributed by atoms with Crippen molar-refractivity contribution in [2.75, 3.05) is 16.8 Å². The largest absolute Gasteiger partial charge is 0.506 e. The first-order chi connectivity index (χ1) is 15.1. The molecule has 0 spiro atoms. The van der Waals surface area contributed by atoms with Gasteiger partial charge in [-0.05, 0) is 30.3 Å². The molecule has 1 atom stereocenters. The number of carbonyl (C=O) groups excluding carboxylic acids is 3. The summed E-state index contributed by atoms with van der Waals surface area (Å²) in [5, 5.41) is 12.5. The maximum atomic E-state index is 13.3. The Hall–Kier alpha value is -4.13. The smallest absolute Gasteiger partial charge is 0.260 e. The van der Waals surface area contributed by atoms with E-state index in [1.54, 1.807) is 64.4 Å². The number of nitrogens with zero attached hydrogens (tertiary/aromatic N) is 2. The lowest BCUT2D eigenvalue weighted by Gasteiger charge is -2.40. The van der Waals surface area contributed by atoms with E-state index in [1.165, 1.54) is 6.07 Å². The van der Waals surface area contributed by atoms with E-state index in [2.05, 4.69) is 5.32 Å². The van der Waals surface area contributed by atoms with E-state index in [0.29, 0.717) is 22.5 Å². The van der Waals surface area contributed by atoms with Crippen molar-refractivity contribution in [2.24, 2.45) is 0 Å². The first kappa shape index (κ1) is 18.9. The number of hydrogen-bond donors (Lipinski definition) is 2. The van der Waals surface area contributed by atoms with Crippen molar-refractivity contribution in [1.29, 1.82) is 0 Å². The summed E-state index contributed by atoms with van der Waals surface area (Å²) in [6.07, 6.45) is -0.577. The SMILES string of the molecule is O=C(CCN1C(=O)c2ccccc2N2C(=O)c3ccccc3[C@@H]12)Nc1ccccc1O. The number of para-hydroxylation sites is 3. The minimum absolute atomic E-state index is 0.0168. The number of fused-ring (bicyclic) bond motifs is 5. The third-order valence-corrected chi connectivity index (χ3v) is 5.64. The van der Waals surface area contributed by atoms with Crippen LogP contribution in [0.3, 0.4) is 0 Å². The Morgan fingerprint density at radius 3 is 2.35 bits per heavy atom. The minimum Gasteiger partial charge on any atom is -0.506 e. The van der Waals surface area contributed by atoms with Crippen molar-refractivity contribution in [3.8, 4) is 5.75 Å². The molecule has 2 aliphatic rings. The lowest BCUT2D eigenvalue weighted by Crippen LogP contribution is -2.48. The van der Waals surface area contributed by atoms with Gasteiger partial charge >= 0.3 is 0 Å². The Kier molecular flexibility index (Phi) is 4.43. The molecule has 154 valence electrons. The zero-order valence-corrected chi connectivity index (χ0v) is 16.5. The molecule has 5 rings (SSSR count). The number of carbonyl (C=O) groups is 3. The highest BCUT2D eigenvalue weighted by Gasteiger charge is 2.47. The lowest BCUT2D eigenvalue weighted by molar-refractivity contribution is -0.116. The zero-order valence-electron chi connectivity index (χ0n) is 16.5. The number of nitrogens with one attached hydrogen (secondary N) is 1. The zero-order chi connectivity index (χ0) is 21.5. The fraction of sp³-hybridized carbons (Fsp3) is 0.125. The maximum absolute atomic E-state index is 13.3. The molecule has 2 heterocycles. The van der Waals surface area contributed by atoms with Crippen LogP contribution in [0, 0.1) is 0 Å². The monoisotopic (exact) mass is 413 g/mol. The molecule has 0 aromatic heterocycles. The summed E-state index contributed by atoms with van der Waals surface area (Å²) in [6.45, 7) is 0.120. The van der Waals surface area contributed by atoms with Crippen LogP contribution < -0.4 is 10.2 Å². The molecule has 3 amide bonds. The van der Waals surface area contributed by atoms with Crippen LogP contribution in [0.1, 0.15) is 38.9 Å². The van der Waals surface area contributed by atoms with E-state index in [0.717, 1.165) is 5.56 Å². The van der Waals surface area contributed by atoms with Crippen molar-refractivity contribution in [3.63, 3.8) is 0 Å². The molecule has 0 radical (unpaired) electrons. The number of anilines is 2. The van der Waals surface area contributed by atoms with Crippen LogP contribution in [0.25, 0.3) is 0 Å². The molecular formula is C24H19N3O4. The van der Waals surface area contributed by atoms with Crippen LogP contribution >= 0.6 is 0 Å². The quantitative estimate of drug-likeness (QED) is 0.641. The number of phenolic OH excluding ortho intramolecular Hbond substituents is 1. The number of benzene rings is 3. The number of aromatic hydroxyl groups is 1. The van der Waals surface area contributed by atoms with Gasteiger partial charge in [-0.3, -0.25) is 19.3 Å². The summed E-state index contributed by atoms with van der Waals surface area (Å²) in [5.41, 5.74) is 2.62. The van der Waals surface area contributed by atoms with Crippen molar-refractivity contribution in [1.82, 2.24) is 4.90 Å². The van der Waals surface area contributed by atoms with Gasteiger partial charge in [-0.1, -0.05) is 42.5 Å². The Morgan fingerprint density at radius 1 is 0.871 bits per heavy atom. The first-order valence-electron chi connectivity index (χ1n) is 9.96. The Morgan fingerprint density at radius 2 is 1.55 bits per heavy atom. The second-order valence-corrected chi connectivity index (χ2v) is 7.47. The summed E-state index contributed by atoms with van der Waals surface area (Å²) < 4.78 is 0. The lowest BCUT2D eigenvalue weighted by atomic mass is 10.0. The third-order valence-electron chi connectivity index (χ3n) is 5.64. The van der Waals surface area contributed by atoms with Crippen molar-refractivity contribution >= 4 is 29.1 Å².